The van der Waals surface area contributed by atoms with E-state index in [9.17, 15) is 18.0 Å². The number of carbonyl (C=O) groups excluding carboxylic acids is 1. The molecular formula is C26H31F3N8O. The smallest absolute Gasteiger partial charge is 0.397 e. The average Bonchev–Trinajstić information content (AvgIpc) is 3.16. The van der Waals surface area contributed by atoms with Gasteiger partial charge >= 0.3 is 6.18 Å². The number of rotatable bonds is 6. The Bertz CT molecular complexity index is 1410. The summed E-state index contributed by atoms with van der Waals surface area (Å²) in [6.45, 7) is 5.34. The van der Waals surface area contributed by atoms with Gasteiger partial charge in [0.25, 0.3) is 5.91 Å². The zero-order chi connectivity index (χ0) is 28.4. The van der Waals surface area contributed by atoms with Gasteiger partial charge in [-0.05, 0) is 56.7 Å². The van der Waals surface area contributed by atoms with Gasteiger partial charge in [0.15, 0.2) is 0 Å². The van der Waals surface area contributed by atoms with Crippen LogP contribution in [0.5, 0.6) is 0 Å². The van der Waals surface area contributed by atoms with E-state index in [-0.39, 0.29) is 16.9 Å². The second-order valence-corrected chi connectivity index (χ2v) is 9.03. The highest BCUT2D eigenvalue weighted by molar-refractivity contribution is 6.05. The molecule has 0 radical (unpaired) electrons. The summed E-state index contributed by atoms with van der Waals surface area (Å²) in [7, 11) is 5.25. The fraction of sp³-hybridized carbons (Fsp3) is 0.269. The Hall–Kier alpha value is -4.32. The van der Waals surface area contributed by atoms with Gasteiger partial charge in [0.05, 0.1) is 28.8 Å². The summed E-state index contributed by atoms with van der Waals surface area (Å²) in [5, 5.41) is 8.00. The number of nitrogens with zero attached hydrogens (tertiary/aromatic N) is 5. The van der Waals surface area contributed by atoms with Crippen molar-refractivity contribution in [3.8, 4) is 0 Å². The number of hydrogen-bond donors (Lipinski definition) is 3. The summed E-state index contributed by atoms with van der Waals surface area (Å²) in [5.74, 6) is 6.13. The fourth-order valence-electron chi connectivity index (χ4n) is 3.50. The van der Waals surface area contributed by atoms with Crippen LogP contribution in [0.15, 0.2) is 53.8 Å². The van der Waals surface area contributed by atoms with E-state index in [2.05, 4.69) is 15.4 Å². The largest absolute Gasteiger partial charge is 0.416 e. The van der Waals surface area contributed by atoms with Gasteiger partial charge in [0, 0.05) is 49.9 Å². The van der Waals surface area contributed by atoms with Crippen LogP contribution in [0.3, 0.4) is 0 Å². The maximum absolute atomic E-state index is 13.5. The average molecular weight is 529 g/mol. The Morgan fingerprint density at radius 3 is 2.42 bits per heavy atom. The summed E-state index contributed by atoms with van der Waals surface area (Å²) in [4.78, 5) is 18.9. The molecule has 5 N–H and O–H groups in total. The molecule has 0 saturated carbocycles. The summed E-state index contributed by atoms with van der Waals surface area (Å²) in [5.41, 5.74) is 8.67. The molecule has 0 aliphatic heterocycles. The molecule has 0 bridgehead atoms. The fourth-order valence-corrected chi connectivity index (χ4v) is 3.50. The number of amidine groups is 1. The third-order valence-electron chi connectivity index (χ3n) is 6.01. The van der Waals surface area contributed by atoms with Crippen LogP contribution in [-0.4, -0.2) is 40.5 Å². The van der Waals surface area contributed by atoms with Crippen molar-refractivity contribution >= 4 is 34.5 Å². The van der Waals surface area contributed by atoms with E-state index in [1.165, 1.54) is 23.3 Å². The molecule has 0 saturated heterocycles. The number of anilines is 2. The van der Waals surface area contributed by atoms with Crippen LogP contribution in [-0.2, 0) is 13.2 Å². The first-order valence-corrected chi connectivity index (χ1v) is 11.5. The molecule has 3 aromatic rings. The number of nitrogens with two attached hydrogens (primary N) is 2. The number of aryl methyl sites for hydroxylation is 2. The number of aromatic nitrogens is 2. The normalized spacial score (nSPS) is 12.5. The van der Waals surface area contributed by atoms with Crippen LogP contribution in [0.4, 0.5) is 30.2 Å². The van der Waals surface area contributed by atoms with Crippen LogP contribution < -0.4 is 21.9 Å². The molecule has 9 nitrogen and oxygen atoms in total. The van der Waals surface area contributed by atoms with Crippen molar-refractivity contribution in [2.24, 2.45) is 23.6 Å². The minimum atomic E-state index is -4.62. The van der Waals surface area contributed by atoms with E-state index >= 15 is 0 Å². The molecule has 1 heterocycles. The number of hydrazine groups is 1. The molecule has 202 valence electrons. The van der Waals surface area contributed by atoms with Crippen LogP contribution >= 0.6 is 0 Å². The molecule has 0 fully saturated rings. The number of nitrogens with one attached hydrogen (secondary N) is 1. The number of benzene rings is 2. The van der Waals surface area contributed by atoms with Gasteiger partial charge in [0.1, 0.15) is 5.84 Å². The van der Waals surface area contributed by atoms with Gasteiger partial charge in [0.2, 0.25) is 0 Å². The first-order chi connectivity index (χ1) is 17.7. The predicted octanol–water partition coefficient (Wildman–Crippen LogP) is 4.56. The van der Waals surface area contributed by atoms with E-state index < -0.39 is 17.6 Å². The molecule has 2 aromatic carbocycles. The minimum absolute atomic E-state index is 0.0435. The van der Waals surface area contributed by atoms with Crippen molar-refractivity contribution in [2.45, 2.75) is 26.9 Å². The number of hydrogen-bond acceptors (Lipinski definition) is 6. The first-order valence-electron chi connectivity index (χ1n) is 11.5. The molecule has 0 atom stereocenters. The van der Waals surface area contributed by atoms with Gasteiger partial charge in [-0.25, -0.2) is 10.8 Å². The summed E-state index contributed by atoms with van der Waals surface area (Å²) >= 11 is 0. The highest BCUT2D eigenvalue weighted by atomic mass is 19.4. The maximum Gasteiger partial charge on any atom is 0.416 e. The first kappa shape index (κ1) is 28.3. The molecule has 1 amide bonds. The van der Waals surface area contributed by atoms with Crippen molar-refractivity contribution in [1.82, 2.24) is 14.7 Å². The predicted molar refractivity (Wildman–Crippen MR) is 144 cm³/mol. The van der Waals surface area contributed by atoms with E-state index in [0.29, 0.717) is 22.8 Å². The molecule has 3 rings (SSSR count). The topological polar surface area (TPSA) is 118 Å². The van der Waals surface area contributed by atoms with Gasteiger partial charge in [-0.15, -0.1) is 0 Å². The lowest BCUT2D eigenvalue weighted by molar-refractivity contribution is -0.137. The lowest BCUT2D eigenvalue weighted by atomic mass is 10.1. The van der Waals surface area contributed by atoms with Crippen molar-refractivity contribution in [3.63, 3.8) is 0 Å². The molecule has 0 unspecified atom stereocenters. The standard InChI is InChI=1S/C26H31F3N8O/c1-15-7-8-18(9-24(15)37(31)14-23(30)22-13-32-36(6)16(22)2)25(38)34-21-11-19(26(27,28)29)10-20(12-21)33-17(3)35(4)5/h7-14H,30-31H2,1-6H3,(H,34,38)/b23-14-,33-17?. The number of aliphatic imine (C=N–C) groups is 1. The zero-order valence-electron chi connectivity index (χ0n) is 22.1. The van der Waals surface area contributed by atoms with Crippen molar-refractivity contribution in [2.75, 3.05) is 24.4 Å². The Labute approximate surface area is 219 Å². The minimum Gasteiger partial charge on any atom is -0.397 e. The van der Waals surface area contributed by atoms with E-state index in [4.69, 9.17) is 11.6 Å². The molecule has 1 aromatic heterocycles. The number of amides is 1. The van der Waals surface area contributed by atoms with Crippen molar-refractivity contribution in [1.29, 1.82) is 0 Å². The van der Waals surface area contributed by atoms with E-state index in [0.717, 1.165) is 23.4 Å². The monoisotopic (exact) mass is 528 g/mol. The Morgan fingerprint density at radius 1 is 1.16 bits per heavy atom. The third kappa shape index (κ3) is 6.51. The van der Waals surface area contributed by atoms with Gasteiger partial charge in [-0.1, -0.05) is 6.07 Å². The van der Waals surface area contributed by atoms with Gasteiger partial charge < -0.3 is 16.0 Å². The second-order valence-electron chi connectivity index (χ2n) is 9.03. The Kier molecular flexibility index (Phi) is 8.16. The third-order valence-corrected chi connectivity index (χ3v) is 6.01. The quantitative estimate of drug-likeness (QED) is 0.187. The zero-order valence-corrected chi connectivity index (χ0v) is 22.1. The lowest BCUT2D eigenvalue weighted by Gasteiger charge is -2.19. The molecule has 38 heavy (non-hydrogen) atoms. The van der Waals surface area contributed by atoms with Crippen LogP contribution in [0.1, 0.15) is 39.7 Å². The summed E-state index contributed by atoms with van der Waals surface area (Å²) in [6.07, 6.45) is -1.48. The van der Waals surface area contributed by atoms with E-state index in [1.54, 1.807) is 62.9 Å². The van der Waals surface area contributed by atoms with Gasteiger partial charge in [-0.2, -0.15) is 18.3 Å². The molecule has 0 spiro atoms. The molecule has 0 aliphatic rings. The second kappa shape index (κ2) is 11.0. The van der Waals surface area contributed by atoms with E-state index in [1.807, 2.05) is 6.92 Å². The number of carbonyl (C=O) groups is 1. The molecular weight excluding hydrogens is 497 g/mol. The number of halogens is 3. The summed E-state index contributed by atoms with van der Waals surface area (Å²) in [6, 6.07) is 7.96. The maximum atomic E-state index is 13.5. The SMILES string of the molecule is CC(=Nc1cc(NC(=O)c2ccc(C)c(N(N)/C=C(\N)c3cnn(C)c3C)c2)cc(C(F)(F)F)c1)N(C)C. The van der Waals surface area contributed by atoms with Crippen LogP contribution in [0, 0.1) is 13.8 Å². The Morgan fingerprint density at radius 2 is 1.84 bits per heavy atom. The molecule has 12 heteroatoms. The highest BCUT2D eigenvalue weighted by Gasteiger charge is 2.31. The molecule has 0 aliphatic carbocycles. The van der Waals surface area contributed by atoms with Crippen molar-refractivity contribution < 1.29 is 18.0 Å². The Balaban J connectivity index is 1.92. The van der Waals surface area contributed by atoms with Crippen LogP contribution in [0.2, 0.25) is 0 Å². The highest BCUT2D eigenvalue weighted by Crippen LogP contribution is 2.34. The summed E-state index contributed by atoms with van der Waals surface area (Å²) < 4.78 is 42.3. The van der Waals surface area contributed by atoms with Crippen LogP contribution in [0.25, 0.3) is 5.70 Å². The van der Waals surface area contributed by atoms with Crippen molar-refractivity contribution in [3.05, 3.63) is 76.7 Å². The number of alkyl halides is 3. The lowest BCUT2D eigenvalue weighted by Crippen LogP contribution is -2.27. The van der Waals surface area contributed by atoms with Gasteiger partial charge in [-0.3, -0.25) is 14.5 Å².